The topological polar surface area (TPSA) is 97.7 Å². The highest BCUT2D eigenvalue weighted by Crippen LogP contribution is 2.26. The second-order valence-corrected chi connectivity index (χ2v) is 5.57. The Labute approximate surface area is 133 Å². The van der Waals surface area contributed by atoms with Gasteiger partial charge in [-0.1, -0.05) is 6.07 Å². The molecule has 0 aliphatic carbocycles. The van der Waals surface area contributed by atoms with Gasteiger partial charge in [0.1, 0.15) is 29.1 Å². The van der Waals surface area contributed by atoms with E-state index in [0.717, 1.165) is 0 Å². The van der Waals surface area contributed by atoms with Crippen LogP contribution >= 0.6 is 11.8 Å². The van der Waals surface area contributed by atoms with E-state index in [1.165, 1.54) is 40.7 Å². The van der Waals surface area contributed by atoms with Gasteiger partial charge in [0.05, 0.1) is 5.69 Å². The average molecular weight is 325 g/mol. The predicted octanol–water partition coefficient (Wildman–Crippen LogP) is 2.20. The number of halogens is 1. The summed E-state index contributed by atoms with van der Waals surface area (Å²) in [6.07, 6.45) is 1.40. The molecule has 0 saturated heterocycles. The van der Waals surface area contributed by atoms with Gasteiger partial charge in [-0.05, 0) is 12.1 Å². The first-order valence-electron chi connectivity index (χ1n) is 6.45. The van der Waals surface area contributed by atoms with Gasteiger partial charge >= 0.3 is 0 Å². The number of hydrogen-bond acceptors (Lipinski definition) is 5. The van der Waals surface area contributed by atoms with Crippen LogP contribution in [0.15, 0.2) is 40.2 Å². The maximum Gasteiger partial charge on any atom is 0.272 e. The molecule has 0 aliphatic heterocycles. The van der Waals surface area contributed by atoms with Crippen LogP contribution in [0.4, 0.5) is 4.39 Å². The predicted molar refractivity (Wildman–Crippen MR) is 81.2 cm³/mol. The molecule has 0 bridgehead atoms. The van der Waals surface area contributed by atoms with Crippen LogP contribution in [0, 0.1) is 28.5 Å². The van der Waals surface area contributed by atoms with Crippen LogP contribution in [-0.4, -0.2) is 14.6 Å². The Kier molecular flexibility index (Phi) is 3.83. The Morgan fingerprint density at radius 1 is 1.35 bits per heavy atom. The van der Waals surface area contributed by atoms with Gasteiger partial charge in [0.25, 0.3) is 5.56 Å². The van der Waals surface area contributed by atoms with Crippen molar-refractivity contribution >= 4 is 17.4 Å². The minimum absolute atomic E-state index is 0.0327. The fourth-order valence-electron chi connectivity index (χ4n) is 2.07. The maximum absolute atomic E-state index is 13.6. The first kappa shape index (κ1) is 14.8. The monoisotopic (exact) mass is 325 g/mol. The Balaban J connectivity index is 1.95. The summed E-state index contributed by atoms with van der Waals surface area (Å²) in [5.74, 6) is -0.307. The van der Waals surface area contributed by atoms with Crippen LogP contribution in [0.1, 0.15) is 16.8 Å². The van der Waals surface area contributed by atoms with Gasteiger partial charge in [-0.2, -0.15) is 10.5 Å². The summed E-state index contributed by atoms with van der Waals surface area (Å²) in [5.41, 5.74) is 0.582. The van der Waals surface area contributed by atoms with E-state index in [1.54, 1.807) is 6.07 Å². The maximum atomic E-state index is 13.6. The molecular formula is C15H8FN5OS. The van der Waals surface area contributed by atoms with Crippen LogP contribution in [0.25, 0.3) is 5.65 Å². The summed E-state index contributed by atoms with van der Waals surface area (Å²) in [7, 11) is 0. The standard InChI is InChI=1S/C15H8FN5OS/c16-12-2-1-3-13(11(12)6-18)23-8-10-4-14(22)21-15(20-10)9(5-17)7-19-21/h1-4,7,19H,8H2. The summed E-state index contributed by atoms with van der Waals surface area (Å²) in [6.45, 7) is 0. The molecule has 3 aromatic rings. The molecule has 0 spiro atoms. The number of H-pyrrole nitrogens is 1. The molecule has 0 radical (unpaired) electrons. The zero-order chi connectivity index (χ0) is 16.4. The summed E-state index contributed by atoms with van der Waals surface area (Å²) >= 11 is 1.21. The van der Waals surface area contributed by atoms with Gasteiger partial charge < -0.3 is 0 Å². The molecule has 2 aromatic heterocycles. The van der Waals surface area contributed by atoms with Gasteiger partial charge in [-0.3, -0.25) is 9.89 Å². The highest BCUT2D eigenvalue weighted by Gasteiger charge is 2.11. The third-order valence-corrected chi connectivity index (χ3v) is 4.23. The molecular weight excluding hydrogens is 317 g/mol. The van der Waals surface area contributed by atoms with Crippen molar-refractivity contribution in [3.63, 3.8) is 0 Å². The summed E-state index contributed by atoms with van der Waals surface area (Å²) in [5, 5.41) is 20.7. The first-order chi connectivity index (χ1) is 11.1. The van der Waals surface area contributed by atoms with Crippen molar-refractivity contribution in [1.29, 1.82) is 10.5 Å². The Hall–Kier alpha value is -3.10. The molecule has 112 valence electrons. The van der Waals surface area contributed by atoms with Crippen molar-refractivity contribution in [2.75, 3.05) is 0 Å². The molecule has 23 heavy (non-hydrogen) atoms. The Morgan fingerprint density at radius 2 is 2.17 bits per heavy atom. The van der Waals surface area contributed by atoms with E-state index in [1.807, 2.05) is 12.1 Å². The van der Waals surface area contributed by atoms with Crippen molar-refractivity contribution < 1.29 is 4.39 Å². The molecule has 6 nitrogen and oxygen atoms in total. The van der Waals surface area contributed by atoms with Crippen molar-refractivity contribution in [2.45, 2.75) is 10.6 Å². The van der Waals surface area contributed by atoms with Crippen molar-refractivity contribution in [3.05, 3.63) is 63.5 Å². The number of nitrogens with zero attached hydrogens (tertiary/aromatic N) is 4. The number of hydrogen-bond donors (Lipinski definition) is 1. The lowest BCUT2D eigenvalue weighted by Gasteiger charge is -2.04. The molecule has 3 rings (SSSR count). The van der Waals surface area contributed by atoms with Crippen molar-refractivity contribution in [1.82, 2.24) is 14.6 Å². The number of fused-ring (bicyclic) bond motifs is 1. The van der Waals surface area contributed by atoms with E-state index >= 15 is 0 Å². The normalized spacial score (nSPS) is 10.4. The van der Waals surface area contributed by atoms with E-state index in [9.17, 15) is 9.18 Å². The minimum Gasteiger partial charge on any atom is -0.295 e. The van der Waals surface area contributed by atoms with E-state index in [-0.39, 0.29) is 28.1 Å². The van der Waals surface area contributed by atoms with Crippen molar-refractivity contribution in [3.8, 4) is 12.1 Å². The minimum atomic E-state index is -0.585. The Morgan fingerprint density at radius 3 is 2.91 bits per heavy atom. The molecule has 0 amide bonds. The lowest BCUT2D eigenvalue weighted by molar-refractivity contribution is 0.620. The van der Waals surface area contributed by atoms with Gasteiger partial charge in [0.2, 0.25) is 0 Å². The van der Waals surface area contributed by atoms with Gasteiger partial charge in [0.15, 0.2) is 5.65 Å². The third kappa shape index (κ3) is 2.68. The van der Waals surface area contributed by atoms with E-state index in [4.69, 9.17) is 10.5 Å². The summed E-state index contributed by atoms with van der Waals surface area (Å²) < 4.78 is 14.7. The molecule has 2 heterocycles. The molecule has 0 saturated carbocycles. The highest BCUT2D eigenvalue weighted by atomic mass is 32.2. The fraction of sp³-hybridized carbons (Fsp3) is 0.0667. The number of thioether (sulfide) groups is 1. The van der Waals surface area contributed by atoms with Crippen LogP contribution in [0.5, 0.6) is 0 Å². The van der Waals surface area contributed by atoms with E-state index < -0.39 is 5.82 Å². The number of aromatic nitrogens is 3. The van der Waals surface area contributed by atoms with Gasteiger partial charge in [0, 0.05) is 22.9 Å². The molecule has 1 N–H and O–H groups in total. The van der Waals surface area contributed by atoms with Crippen LogP contribution in [0.2, 0.25) is 0 Å². The SMILES string of the molecule is N#Cc1c(F)cccc1SCc1cc(=O)n2[nH]cc(C#N)c2n1. The number of aromatic amines is 1. The van der Waals surface area contributed by atoms with Gasteiger partial charge in [-0.25, -0.2) is 13.9 Å². The number of benzene rings is 1. The number of rotatable bonds is 3. The molecule has 8 heteroatoms. The summed E-state index contributed by atoms with van der Waals surface area (Å²) in [4.78, 5) is 16.7. The molecule has 0 unspecified atom stereocenters. The highest BCUT2D eigenvalue weighted by molar-refractivity contribution is 7.98. The van der Waals surface area contributed by atoms with Gasteiger partial charge in [-0.15, -0.1) is 11.8 Å². The molecule has 0 atom stereocenters. The Bertz CT molecular complexity index is 1040. The largest absolute Gasteiger partial charge is 0.295 e. The smallest absolute Gasteiger partial charge is 0.272 e. The quantitative estimate of drug-likeness (QED) is 0.744. The lowest BCUT2D eigenvalue weighted by Crippen LogP contribution is -2.15. The fourth-order valence-corrected chi connectivity index (χ4v) is 2.98. The first-order valence-corrected chi connectivity index (χ1v) is 7.44. The van der Waals surface area contributed by atoms with Crippen molar-refractivity contribution in [2.24, 2.45) is 0 Å². The second-order valence-electron chi connectivity index (χ2n) is 4.56. The molecule has 0 fully saturated rings. The van der Waals surface area contributed by atoms with E-state index in [2.05, 4.69) is 10.1 Å². The zero-order valence-corrected chi connectivity index (χ0v) is 12.4. The van der Waals surface area contributed by atoms with Crippen LogP contribution in [-0.2, 0) is 5.75 Å². The molecule has 1 aromatic carbocycles. The van der Waals surface area contributed by atoms with Crippen LogP contribution in [0.3, 0.4) is 0 Å². The zero-order valence-electron chi connectivity index (χ0n) is 11.6. The third-order valence-electron chi connectivity index (χ3n) is 3.13. The second kappa shape index (κ2) is 5.95. The lowest BCUT2D eigenvalue weighted by atomic mass is 10.2. The number of nitriles is 2. The number of nitrogens with one attached hydrogen (secondary N) is 1. The van der Waals surface area contributed by atoms with Crippen LogP contribution < -0.4 is 5.56 Å². The average Bonchev–Trinajstić information content (AvgIpc) is 2.96. The summed E-state index contributed by atoms with van der Waals surface area (Å²) in [6, 6.07) is 9.48. The molecule has 0 aliphatic rings. The van der Waals surface area contributed by atoms with E-state index in [0.29, 0.717) is 10.6 Å².